The number of imidazole rings is 1. The SMILES string of the molecule is CC(CCl)CS(=O)(=O)NC(C)Cn1ccnc1. The van der Waals surface area contributed by atoms with Gasteiger partial charge >= 0.3 is 0 Å². The van der Waals surface area contributed by atoms with E-state index in [1.807, 2.05) is 18.4 Å². The van der Waals surface area contributed by atoms with Crippen LogP contribution in [-0.2, 0) is 16.6 Å². The molecule has 1 aromatic heterocycles. The van der Waals surface area contributed by atoms with Crippen LogP contribution < -0.4 is 4.72 Å². The first-order valence-electron chi connectivity index (χ1n) is 5.44. The van der Waals surface area contributed by atoms with Crippen LogP contribution in [0, 0.1) is 5.92 Å². The van der Waals surface area contributed by atoms with Crippen LogP contribution in [0.4, 0.5) is 0 Å². The third-order valence-corrected chi connectivity index (χ3v) is 4.49. The van der Waals surface area contributed by atoms with Gasteiger partial charge in [0.1, 0.15) is 0 Å². The minimum atomic E-state index is -3.26. The quantitative estimate of drug-likeness (QED) is 0.759. The van der Waals surface area contributed by atoms with Crippen molar-refractivity contribution in [3.8, 4) is 0 Å². The van der Waals surface area contributed by atoms with Crippen molar-refractivity contribution < 1.29 is 8.42 Å². The molecule has 0 aliphatic carbocycles. The predicted molar refractivity (Wildman–Crippen MR) is 68.5 cm³/mol. The van der Waals surface area contributed by atoms with Crippen molar-refractivity contribution >= 4 is 21.6 Å². The van der Waals surface area contributed by atoms with Crippen LogP contribution >= 0.6 is 11.6 Å². The standard InChI is InChI=1S/C10H18ClN3O2S/c1-9(5-11)7-17(15,16)13-10(2)6-14-4-3-12-8-14/h3-4,8-10,13H,5-7H2,1-2H3. The molecule has 0 fully saturated rings. The molecule has 17 heavy (non-hydrogen) atoms. The first-order valence-corrected chi connectivity index (χ1v) is 7.63. The predicted octanol–water partition coefficient (Wildman–Crippen LogP) is 1.07. The van der Waals surface area contributed by atoms with Crippen LogP contribution in [0.3, 0.4) is 0 Å². The Hall–Kier alpha value is -0.590. The molecule has 0 saturated carbocycles. The van der Waals surface area contributed by atoms with E-state index in [4.69, 9.17) is 11.6 Å². The van der Waals surface area contributed by atoms with Gasteiger partial charge in [0, 0.05) is 30.9 Å². The lowest BCUT2D eigenvalue weighted by Crippen LogP contribution is -2.38. The average molecular weight is 280 g/mol. The summed E-state index contributed by atoms with van der Waals surface area (Å²) in [5.41, 5.74) is 0. The second kappa shape index (κ2) is 6.37. The minimum Gasteiger partial charge on any atom is -0.336 e. The molecule has 0 bridgehead atoms. The monoisotopic (exact) mass is 279 g/mol. The molecule has 0 aliphatic heterocycles. The highest BCUT2D eigenvalue weighted by atomic mass is 35.5. The molecule has 1 heterocycles. The van der Waals surface area contributed by atoms with Crippen molar-refractivity contribution in [3.05, 3.63) is 18.7 Å². The molecule has 0 aromatic carbocycles. The molecule has 1 rings (SSSR count). The number of nitrogens with one attached hydrogen (secondary N) is 1. The molecule has 0 spiro atoms. The summed E-state index contributed by atoms with van der Waals surface area (Å²) in [4.78, 5) is 3.90. The third kappa shape index (κ3) is 5.52. The van der Waals surface area contributed by atoms with Gasteiger partial charge in [-0.25, -0.2) is 18.1 Å². The van der Waals surface area contributed by atoms with Gasteiger partial charge in [-0.2, -0.15) is 0 Å². The highest BCUT2D eigenvalue weighted by Gasteiger charge is 2.17. The van der Waals surface area contributed by atoms with Crippen molar-refractivity contribution in [3.63, 3.8) is 0 Å². The van der Waals surface area contributed by atoms with E-state index in [-0.39, 0.29) is 17.7 Å². The van der Waals surface area contributed by atoms with Crippen molar-refractivity contribution in [2.75, 3.05) is 11.6 Å². The van der Waals surface area contributed by atoms with Crippen molar-refractivity contribution in [1.29, 1.82) is 0 Å². The summed E-state index contributed by atoms with van der Waals surface area (Å²) >= 11 is 5.61. The number of sulfonamides is 1. The number of aromatic nitrogens is 2. The molecule has 0 aliphatic rings. The van der Waals surface area contributed by atoms with Gasteiger partial charge in [-0.3, -0.25) is 0 Å². The lowest BCUT2D eigenvalue weighted by Gasteiger charge is -2.16. The maximum atomic E-state index is 11.7. The maximum Gasteiger partial charge on any atom is 0.212 e. The van der Waals surface area contributed by atoms with Crippen LogP contribution in [-0.4, -0.2) is 35.6 Å². The van der Waals surface area contributed by atoms with Gasteiger partial charge in [0.25, 0.3) is 0 Å². The van der Waals surface area contributed by atoms with Gasteiger partial charge in [0.2, 0.25) is 10.0 Å². The van der Waals surface area contributed by atoms with Crippen LogP contribution in [0.2, 0.25) is 0 Å². The molecule has 0 saturated heterocycles. The van der Waals surface area contributed by atoms with Crippen molar-refractivity contribution in [2.24, 2.45) is 5.92 Å². The topological polar surface area (TPSA) is 64.0 Å². The third-order valence-electron chi connectivity index (χ3n) is 2.19. The Labute approximate surface area is 107 Å². The molecule has 2 atom stereocenters. The van der Waals surface area contributed by atoms with Gasteiger partial charge in [-0.15, -0.1) is 11.6 Å². The zero-order valence-electron chi connectivity index (χ0n) is 10.0. The molecule has 5 nitrogen and oxygen atoms in total. The second-order valence-electron chi connectivity index (χ2n) is 4.32. The van der Waals surface area contributed by atoms with E-state index >= 15 is 0 Å². The fourth-order valence-electron chi connectivity index (χ4n) is 1.52. The fraction of sp³-hybridized carbons (Fsp3) is 0.700. The Morgan fingerprint density at radius 1 is 1.47 bits per heavy atom. The molecular weight excluding hydrogens is 262 g/mol. The maximum absolute atomic E-state index is 11.7. The van der Waals surface area contributed by atoms with Gasteiger partial charge in [-0.1, -0.05) is 6.92 Å². The molecule has 2 unspecified atom stereocenters. The van der Waals surface area contributed by atoms with Gasteiger partial charge in [0.15, 0.2) is 0 Å². The molecule has 7 heteroatoms. The number of nitrogens with zero attached hydrogens (tertiary/aromatic N) is 2. The van der Waals surface area contributed by atoms with Crippen LogP contribution in [0.25, 0.3) is 0 Å². The number of halogens is 1. The van der Waals surface area contributed by atoms with E-state index in [1.54, 1.807) is 18.7 Å². The first-order chi connectivity index (χ1) is 7.93. The normalized spacial score (nSPS) is 15.7. The summed E-state index contributed by atoms with van der Waals surface area (Å²) in [6, 6.07) is -0.170. The van der Waals surface area contributed by atoms with E-state index in [0.717, 1.165) is 0 Å². The Balaban J connectivity index is 2.47. The lowest BCUT2D eigenvalue weighted by molar-refractivity contribution is 0.515. The van der Waals surface area contributed by atoms with Crippen LogP contribution in [0.15, 0.2) is 18.7 Å². The number of hydrogen-bond donors (Lipinski definition) is 1. The Kier molecular flexibility index (Phi) is 5.42. The lowest BCUT2D eigenvalue weighted by atomic mass is 10.3. The number of hydrogen-bond acceptors (Lipinski definition) is 3. The van der Waals surface area contributed by atoms with E-state index in [1.165, 1.54) is 0 Å². The number of rotatable bonds is 7. The van der Waals surface area contributed by atoms with Crippen LogP contribution in [0.1, 0.15) is 13.8 Å². The Morgan fingerprint density at radius 2 is 2.18 bits per heavy atom. The fourth-order valence-corrected chi connectivity index (χ4v) is 3.41. The molecule has 0 radical (unpaired) electrons. The minimum absolute atomic E-state index is 0.0467. The largest absolute Gasteiger partial charge is 0.336 e. The summed E-state index contributed by atoms with van der Waals surface area (Å²) in [5, 5.41) is 0. The second-order valence-corrected chi connectivity index (χ2v) is 6.43. The summed E-state index contributed by atoms with van der Waals surface area (Å²) in [6.07, 6.45) is 5.12. The van der Waals surface area contributed by atoms with E-state index in [0.29, 0.717) is 12.4 Å². The Bertz CT molecular complexity index is 419. The van der Waals surface area contributed by atoms with E-state index in [2.05, 4.69) is 9.71 Å². The van der Waals surface area contributed by atoms with Crippen molar-refractivity contribution in [2.45, 2.75) is 26.4 Å². The highest BCUT2D eigenvalue weighted by Crippen LogP contribution is 2.03. The average Bonchev–Trinajstić information content (AvgIpc) is 2.68. The first kappa shape index (κ1) is 14.5. The summed E-state index contributed by atoms with van der Waals surface area (Å²) < 4.78 is 27.9. The summed E-state index contributed by atoms with van der Waals surface area (Å²) in [5.74, 6) is 0.358. The molecule has 1 aromatic rings. The van der Waals surface area contributed by atoms with Gasteiger partial charge in [-0.05, 0) is 12.8 Å². The van der Waals surface area contributed by atoms with E-state index in [9.17, 15) is 8.42 Å². The smallest absolute Gasteiger partial charge is 0.212 e. The number of alkyl halides is 1. The Morgan fingerprint density at radius 3 is 2.71 bits per heavy atom. The summed E-state index contributed by atoms with van der Waals surface area (Å²) in [7, 11) is -3.26. The zero-order chi connectivity index (χ0) is 12.9. The van der Waals surface area contributed by atoms with Gasteiger partial charge in [0.05, 0.1) is 12.1 Å². The molecule has 1 N–H and O–H groups in total. The summed E-state index contributed by atoms with van der Waals surface area (Å²) in [6.45, 7) is 4.20. The van der Waals surface area contributed by atoms with E-state index < -0.39 is 10.0 Å². The molecule has 0 amide bonds. The molecular formula is C10H18ClN3O2S. The van der Waals surface area contributed by atoms with Crippen LogP contribution in [0.5, 0.6) is 0 Å². The van der Waals surface area contributed by atoms with Crippen molar-refractivity contribution in [1.82, 2.24) is 14.3 Å². The van der Waals surface area contributed by atoms with Gasteiger partial charge < -0.3 is 4.57 Å². The zero-order valence-corrected chi connectivity index (χ0v) is 11.6. The highest BCUT2D eigenvalue weighted by molar-refractivity contribution is 7.89. The molecule has 98 valence electrons.